The van der Waals surface area contributed by atoms with Crippen molar-refractivity contribution in [1.82, 2.24) is 0 Å². The molecule has 0 aromatic heterocycles. The second kappa shape index (κ2) is 5.80. The third kappa shape index (κ3) is 3.69. The van der Waals surface area contributed by atoms with E-state index in [0.29, 0.717) is 11.1 Å². The molecule has 0 amide bonds. The Morgan fingerprint density at radius 3 is 2.33 bits per heavy atom. The van der Waals surface area contributed by atoms with Crippen LogP contribution in [0.1, 0.15) is 27.0 Å². The van der Waals surface area contributed by atoms with Crippen molar-refractivity contribution in [2.45, 2.75) is 12.6 Å². The highest BCUT2D eigenvalue weighted by atomic mass is 19.4. The molecule has 0 N–H and O–H groups in total. The van der Waals surface area contributed by atoms with E-state index in [1.165, 1.54) is 12.1 Å². The first-order valence-electron chi connectivity index (χ1n) is 6.09. The number of hydrogen-bond donors (Lipinski definition) is 0. The second-order valence-electron chi connectivity index (χ2n) is 4.49. The summed E-state index contributed by atoms with van der Waals surface area (Å²) in [5, 5.41) is 8.67. The highest BCUT2D eigenvalue weighted by Crippen LogP contribution is 2.29. The first-order valence-corrected chi connectivity index (χ1v) is 6.09. The summed E-state index contributed by atoms with van der Waals surface area (Å²) in [7, 11) is 0. The van der Waals surface area contributed by atoms with Gasteiger partial charge in [0.2, 0.25) is 0 Å². The summed E-state index contributed by atoms with van der Waals surface area (Å²) in [6.45, 7) is 0. The molecule has 0 unspecified atom stereocenters. The first kappa shape index (κ1) is 14.8. The van der Waals surface area contributed by atoms with Gasteiger partial charge in [0.05, 0.1) is 17.2 Å². The van der Waals surface area contributed by atoms with Gasteiger partial charge in [0.1, 0.15) is 0 Å². The zero-order chi connectivity index (χ0) is 15.5. The molecule has 0 heterocycles. The summed E-state index contributed by atoms with van der Waals surface area (Å²) >= 11 is 0. The number of rotatable bonds is 3. The van der Waals surface area contributed by atoms with Crippen molar-refractivity contribution in [3.05, 3.63) is 70.8 Å². The predicted octanol–water partition coefficient (Wildman–Crippen LogP) is 4.00. The van der Waals surface area contributed by atoms with E-state index in [1.54, 1.807) is 24.3 Å². The smallest absolute Gasteiger partial charge is 0.294 e. The van der Waals surface area contributed by atoms with Gasteiger partial charge in [-0.05, 0) is 29.8 Å². The molecule has 2 aromatic carbocycles. The Morgan fingerprint density at radius 1 is 1.10 bits per heavy atom. The molecule has 2 nitrogen and oxygen atoms in total. The van der Waals surface area contributed by atoms with Crippen molar-refractivity contribution < 1.29 is 18.0 Å². The van der Waals surface area contributed by atoms with Crippen LogP contribution in [0, 0.1) is 11.3 Å². The normalized spacial score (nSPS) is 11.0. The quantitative estimate of drug-likeness (QED) is 0.801. The molecule has 0 atom stereocenters. The maximum Gasteiger partial charge on any atom is 0.416 e. The van der Waals surface area contributed by atoms with E-state index in [2.05, 4.69) is 0 Å². The molecule has 0 aliphatic heterocycles. The lowest BCUT2D eigenvalue weighted by Gasteiger charge is -2.08. The van der Waals surface area contributed by atoms with Gasteiger partial charge in [0.15, 0.2) is 5.78 Å². The fourth-order valence-corrected chi connectivity index (χ4v) is 1.85. The van der Waals surface area contributed by atoms with E-state index in [0.717, 1.165) is 12.1 Å². The monoisotopic (exact) mass is 289 g/mol. The predicted molar refractivity (Wildman–Crippen MR) is 70.6 cm³/mol. The van der Waals surface area contributed by atoms with Gasteiger partial charge in [0, 0.05) is 12.0 Å². The van der Waals surface area contributed by atoms with Gasteiger partial charge in [-0.25, -0.2) is 0 Å². The van der Waals surface area contributed by atoms with E-state index < -0.39 is 17.5 Å². The number of nitriles is 1. The van der Waals surface area contributed by atoms with Gasteiger partial charge in [-0.15, -0.1) is 0 Å². The van der Waals surface area contributed by atoms with Gasteiger partial charge in [0.25, 0.3) is 0 Å². The van der Waals surface area contributed by atoms with Crippen LogP contribution in [0.3, 0.4) is 0 Å². The number of carbonyl (C=O) groups is 1. The van der Waals surface area contributed by atoms with Crippen molar-refractivity contribution in [3.63, 3.8) is 0 Å². The third-order valence-electron chi connectivity index (χ3n) is 2.96. The lowest BCUT2D eigenvalue weighted by atomic mass is 10.0. The van der Waals surface area contributed by atoms with Gasteiger partial charge in [-0.1, -0.05) is 24.3 Å². The molecule has 106 valence electrons. The topological polar surface area (TPSA) is 40.9 Å². The SMILES string of the molecule is N#Cc1ccc(CC(=O)c2cccc(C(F)(F)F)c2)cc1. The lowest BCUT2D eigenvalue weighted by Crippen LogP contribution is -2.09. The minimum Gasteiger partial charge on any atom is -0.294 e. The van der Waals surface area contributed by atoms with Crippen LogP contribution in [0.4, 0.5) is 13.2 Å². The van der Waals surface area contributed by atoms with Crippen LogP contribution < -0.4 is 0 Å². The standard InChI is InChI=1S/C16H10F3NO/c17-16(18,19)14-3-1-2-13(9-14)15(21)8-11-4-6-12(10-20)7-5-11/h1-7,9H,8H2. The molecule has 21 heavy (non-hydrogen) atoms. The van der Waals surface area contributed by atoms with E-state index in [-0.39, 0.29) is 12.0 Å². The molecular weight excluding hydrogens is 279 g/mol. The van der Waals surface area contributed by atoms with Gasteiger partial charge < -0.3 is 0 Å². The van der Waals surface area contributed by atoms with Gasteiger partial charge in [-0.2, -0.15) is 18.4 Å². The molecule has 0 saturated heterocycles. The summed E-state index contributed by atoms with van der Waals surface area (Å²) in [4.78, 5) is 12.0. The van der Waals surface area contributed by atoms with Crippen molar-refractivity contribution in [2.24, 2.45) is 0 Å². The number of carbonyl (C=O) groups excluding carboxylic acids is 1. The third-order valence-corrected chi connectivity index (χ3v) is 2.96. The average molecular weight is 289 g/mol. The summed E-state index contributed by atoms with van der Waals surface area (Å²) < 4.78 is 37.8. The molecule has 0 radical (unpaired) electrons. The van der Waals surface area contributed by atoms with Crippen LogP contribution in [-0.2, 0) is 12.6 Å². The van der Waals surface area contributed by atoms with Crippen molar-refractivity contribution in [2.75, 3.05) is 0 Å². The Morgan fingerprint density at radius 2 is 1.76 bits per heavy atom. The average Bonchev–Trinajstić information content (AvgIpc) is 2.47. The lowest BCUT2D eigenvalue weighted by molar-refractivity contribution is -0.137. The maximum atomic E-state index is 12.6. The van der Waals surface area contributed by atoms with Crippen LogP contribution in [0.15, 0.2) is 48.5 Å². The summed E-state index contributed by atoms with van der Waals surface area (Å²) in [5.74, 6) is -0.397. The number of benzene rings is 2. The van der Waals surface area contributed by atoms with Crippen LogP contribution in [0.5, 0.6) is 0 Å². The van der Waals surface area contributed by atoms with Crippen molar-refractivity contribution in [3.8, 4) is 6.07 Å². The number of hydrogen-bond acceptors (Lipinski definition) is 2. The maximum absolute atomic E-state index is 12.6. The fraction of sp³-hybridized carbons (Fsp3) is 0.125. The molecule has 0 bridgehead atoms. The van der Waals surface area contributed by atoms with E-state index in [4.69, 9.17) is 5.26 Å². The number of halogens is 3. The van der Waals surface area contributed by atoms with E-state index in [9.17, 15) is 18.0 Å². The molecule has 5 heteroatoms. The first-order chi connectivity index (χ1) is 9.90. The Labute approximate surface area is 119 Å². The number of alkyl halides is 3. The largest absolute Gasteiger partial charge is 0.416 e. The minimum absolute atomic E-state index is 0.00693. The highest BCUT2D eigenvalue weighted by Gasteiger charge is 2.30. The molecule has 0 fully saturated rings. The van der Waals surface area contributed by atoms with E-state index >= 15 is 0 Å². The molecule has 0 aliphatic rings. The zero-order valence-corrected chi connectivity index (χ0v) is 10.8. The second-order valence-corrected chi connectivity index (χ2v) is 4.49. The van der Waals surface area contributed by atoms with Gasteiger partial charge in [-0.3, -0.25) is 4.79 Å². The van der Waals surface area contributed by atoms with Crippen LogP contribution in [0.2, 0.25) is 0 Å². The zero-order valence-electron chi connectivity index (χ0n) is 10.8. The van der Waals surface area contributed by atoms with Crippen molar-refractivity contribution in [1.29, 1.82) is 5.26 Å². The molecule has 2 aromatic rings. The van der Waals surface area contributed by atoms with Crippen LogP contribution >= 0.6 is 0 Å². The van der Waals surface area contributed by atoms with Crippen LogP contribution in [0.25, 0.3) is 0 Å². The summed E-state index contributed by atoms with van der Waals surface area (Å²) in [5.41, 5.74) is 0.295. The molecule has 0 saturated carbocycles. The minimum atomic E-state index is -4.47. The number of Topliss-reactive ketones (excluding diaryl/α,β-unsaturated/α-hetero) is 1. The molecule has 2 rings (SSSR count). The Hall–Kier alpha value is -2.61. The molecule has 0 spiro atoms. The van der Waals surface area contributed by atoms with Crippen molar-refractivity contribution >= 4 is 5.78 Å². The number of nitrogens with zero attached hydrogens (tertiary/aromatic N) is 1. The molecule has 0 aliphatic carbocycles. The van der Waals surface area contributed by atoms with Gasteiger partial charge >= 0.3 is 6.18 Å². The summed E-state index contributed by atoms with van der Waals surface area (Å²) in [6, 6.07) is 12.7. The Kier molecular flexibility index (Phi) is 4.08. The summed E-state index contributed by atoms with van der Waals surface area (Å²) in [6.07, 6.45) is -4.47. The molecular formula is C16H10F3NO. The Bertz CT molecular complexity index is 697. The number of ketones is 1. The van der Waals surface area contributed by atoms with Crippen LogP contribution in [-0.4, -0.2) is 5.78 Å². The fourth-order valence-electron chi connectivity index (χ4n) is 1.85. The van der Waals surface area contributed by atoms with E-state index in [1.807, 2.05) is 6.07 Å². The highest BCUT2D eigenvalue weighted by molar-refractivity contribution is 5.97. The Balaban J connectivity index is 2.18.